The summed E-state index contributed by atoms with van der Waals surface area (Å²) in [6.07, 6.45) is 2.01. The van der Waals surface area contributed by atoms with Crippen molar-refractivity contribution in [1.82, 2.24) is 15.5 Å². The Labute approximate surface area is 209 Å². The number of halogens is 1. The highest BCUT2D eigenvalue weighted by Crippen LogP contribution is 2.23. The van der Waals surface area contributed by atoms with Gasteiger partial charge in [0.2, 0.25) is 0 Å². The Morgan fingerprint density at radius 1 is 1.12 bits per heavy atom. The number of amides is 1. The van der Waals surface area contributed by atoms with Gasteiger partial charge in [-0.3, -0.25) is 9.79 Å². The first-order chi connectivity index (χ1) is 15.1. The second-order valence-corrected chi connectivity index (χ2v) is 8.23. The highest BCUT2D eigenvalue weighted by atomic mass is 127. The van der Waals surface area contributed by atoms with Crippen LogP contribution >= 0.6 is 24.0 Å². The second-order valence-electron chi connectivity index (χ2n) is 8.23. The largest absolute Gasteiger partial charge is 0.371 e. The predicted octanol–water partition coefficient (Wildman–Crippen LogP) is 3.63. The maximum atomic E-state index is 12.2. The fourth-order valence-electron chi connectivity index (χ4n) is 3.86. The van der Waals surface area contributed by atoms with E-state index in [2.05, 4.69) is 58.9 Å². The molecule has 1 fully saturated rings. The van der Waals surface area contributed by atoms with Crippen molar-refractivity contribution >= 4 is 41.5 Å². The Morgan fingerprint density at radius 3 is 2.62 bits per heavy atom. The molecule has 1 aliphatic heterocycles. The van der Waals surface area contributed by atoms with Crippen LogP contribution in [0, 0.1) is 5.92 Å². The first-order valence-corrected chi connectivity index (χ1v) is 11.2. The predicted molar refractivity (Wildman–Crippen MR) is 144 cm³/mol. The molecule has 1 unspecified atom stereocenters. The van der Waals surface area contributed by atoms with Gasteiger partial charge in [-0.1, -0.05) is 30.3 Å². The van der Waals surface area contributed by atoms with E-state index in [4.69, 9.17) is 4.99 Å². The Morgan fingerprint density at radius 2 is 1.91 bits per heavy atom. The molecule has 6 nitrogen and oxygen atoms in total. The molecule has 1 aliphatic rings. The maximum absolute atomic E-state index is 12.2. The van der Waals surface area contributed by atoms with Crippen LogP contribution in [0.2, 0.25) is 0 Å². The average Bonchev–Trinajstić information content (AvgIpc) is 3.27. The molecule has 0 aromatic heterocycles. The van der Waals surface area contributed by atoms with Crippen LogP contribution < -0.4 is 15.5 Å². The normalized spacial score (nSPS) is 15.8. The zero-order chi connectivity index (χ0) is 22.1. The number of para-hydroxylation sites is 1. The summed E-state index contributed by atoms with van der Waals surface area (Å²) >= 11 is 0. The summed E-state index contributed by atoms with van der Waals surface area (Å²) in [5.74, 6) is 1.47. The van der Waals surface area contributed by atoms with Gasteiger partial charge in [-0.25, -0.2) is 0 Å². The van der Waals surface area contributed by atoms with Crippen molar-refractivity contribution < 1.29 is 4.79 Å². The van der Waals surface area contributed by atoms with Crippen LogP contribution in [0.3, 0.4) is 0 Å². The lowest BCUT2D eigenvalue weighted by Crippen LogP contribution is -2.38. The summed E-state index contributed by atoms with van der Waals surface area (Å²) in [6, 6.07) is 18.5. The summed E-state index contributed by atoms with van der Waals surface area (Å²) in [4.78, 5) is 21.1. The number of rotatable bonds is 8. The average molecular weight is 550 g/mol. The Hall–Kier alpha value is -2.29. The van der Waals surface area contributed by atoms with E-state index >= 15 is 0 Å². The first-order valence-electron chi connectivity index (χ1n) is 11.2. The molecular weight excluding hydrogens is 513 g/mol. The van der Waals surface area contributed by atoms with Crippen molar-refractivity contribution in [3.05, 3.63) is 65.7 Å². The molecule has 0 spiro atoms. The molecule has 174 valence electrons. The van der Waals surface area contributed by atoms with Gasteiger partial charge in [0.15, 0.2) is 5.96 Å². The molecule has 32 heavy (non-hydrogen) atoms. The van der Waals surface area contributed by atoms with Crippen LogP contribution in [0.25, 0.3) is 0 Å². The number of anilines is 1. The fraction of sp³-hybridized carbons (Fsp3) is 0.440. The van der Waals surface area contributed by atoms with Gasteiger partial charge in [-0.2, -0.15) is 0 Å². The third kappa shape index (κ3) is 7.69. The van der Waals surface area contributed by atoms with Gasteiger partial charge in [0.05, 0.1) is 0 Å². The molecule has 0 aliphatic carbocycles. The summed E-state index contributed by atoms with van der Waals surface area (Å²) in [7, 11) is 3.55. The molecule has 0 radical (unpaired) electrons. The van der Waals surface area contributed by atoms with Gasteiger partial charge in [0.25, 0.3) is 5.91 Å². The number of carbonyl (C=O) groups excluding carboxylic acids is 1. The molecule has 2 N–H and O–H groups in total. The summed E-state index contributed by atoms with van der Waals surface area (Å²) in [5.41, 5.74) is 3.17. The van der Waals surface area contributed by atoms with Crippen molar-refractivity contribution in [3.8, 4) is 0 Å². The van der Waals surface area contributed by atoms with E-state index in [9.17, 15) is 4.79 Å². The Kier molecular flexibility index (Phi) is 10.8. The van der Waals surface area contributed by atoms with Gasteiger partial charge in [-0.05, 0) is 55.5 Å². The van der Waals surface area contributed by atoms with Crippen molar-refractivity contribution in [1.29, 1.82) is 0 Å². The van der Waals surface area contributed by atoms with Gasteiger partial charge in [0, 0.05) is 58.1 Å². The van der Waals surface area contributed by atoms with Crippen LogP contribution in [-0.2, 0) is 6.42 Å². The zero-order valence-corrected chi connectivity index (χ0v) is 21.7. The number of guanidine groups is 1. The number of benzene rings is 2. The Bertz CT molecular complexity index is 872. The van der Waals surface area contributed by atoms with Crippen LogP contribution in [0.1, 0.15) is 29.3 Å². The van der Waals surface area contributed by atoms with Crippen molar-refractivity contribution in [3.63, 3.8) is 0 Å². The molecule has 3 rings (SSSR count). The molecule has 1 heterocycles. The second kappa shape index (κ2) is 13.3. The lowest BCUT2D eigenvalue weighted by molar-refractivity contribution is 0.0827. The van der Waals surface area contributed by atoms with E-state index in [1.54, 1.807) is 19.0 Å². The molecule has 1 saturated heterocycles. The number of hydrogen-bond donors (Lipinski definition) is 2. The topological polar surface area (TPSA) is 60.0 Å². The van der Waals surface area contributed by atoms with Gasteiger partial charge in [0.1, 0.15) is 0 Å². The number of hydrogen-bond acceptors (Lipinski definition) is 3. The Balaban J connectivity index is 0.00000363. The standard InChI is InChI=1S/C25H35N5O.HI/c1-4-26-25(27-15-13-20-9-8-10-22(17-20)24(31)29(2)3)28-18-21-14-16-30(19-21)23-11-6-5-7-12-23;/h5-12,17,21H,4,13-16,18-19H2,1-3H3,(H2,26,27,28);1H. The van der Waals surface area contributed by atoms with Crippen LogP contribution in [0.5, 0.6) is 0 Å². The molecular formula is C25H36IN5O. The summed E-state index contributed by atoms with van der Waals surface area (Å²) in [6.45, 7) is 6.66. The SMILES string of the molecule is CCNC(=NCC1CCN(c2ccccc2)C1)NCCc1cccc(C(=O)N(C)C)c1.I. The van der Waals surface area contributed by atoms with E-state index in [1.807, 2.05) is 18.2 Å². The van der Waals surface area contributed by atoms with Crippen LogP contribution in [-0.4, -0.2) is 63.6 Å². The molecule has 2 aromatic carbocycles. The minimum atomic E-state index is 0. The zero-order valence-electron chi connectivity index (χ0n) is 19.4. The quantitative estimate of drug-likeness (QED) is 0.300. The molecule has 2 aromatic rings. The smallest absolute Gasteiger partial charge is 0.253 e. The fourth-order valence-corrected chi connectivity index (χ4v) is 3.86. The summed E-state index contributed by atoms with van der Waals surface area (Å²) in [5, 5.41) is 6.78. The molecule has 1 amide bonds. The van der Waals surface area contributed by atoms with Crippen molar-refractivity contribution in [2.24, 2.45) is 10.9 Å². The number of aliphatic imine (C=N–C) groups is 1. The van der Waals surface area contributed by atoms with Gasteiger partial charge in [-0.15, -0.1) is 24.0 Å². The molecule has 0 saturated carbocycles. The third-order valence-electron chi connectivity index (χ3n) is 5.55. The van der Waals surface area contributed by atoms with Crippen molar-refractivity contribution in [2.75, 3.05) is 51.7 Å². The van der Waals surface area contributed by atoms with E-state index in [0.29, 0.717) is 5.92 Å². The van der Waals surface area contributed by atoms with Crippen LogP contribution in [0.15, 0.2) is 59.6 Å². The molecule has 0 bridgehead atoms. The number of nitrogens with zero attached hydrogens (tertiary/aromatic N) is 3. The van der Waals surface area contributed by atoms with Crippen molar-refractivity contribution in [2.45, 2.75) is 19.8 Å². The highest BCUT2D eigenvalue weighted by molar-refractivity contribution is 14.0. The monoisotopic (exact) mass is 549 g/mol. The summed E-state index contributed by atoms with van der Waals surface area (Å²) < 4.78 is 0. The lowest BCUT2D eigenvalue weighted by Gasteiger charge is -2.18. The van der Waals surface area contributed by atoms with E-state index < -0.39 is 0 Å². The molecule has 1 atom stereocenters. The van der Waals surface area contributed by atoms with E-state index in [0.717, 1.165) is 56.2 Å². The highest BCUT2D eigenvalue weighted by Gasteiger charge is 2.22. The first kappa shape index (κ1) is 26.0. The maximum Gasteiger partial charge on any atom is 0.253 e. The minimum absolute atomic E-state index is 0. The van der Waals surface area contributed by atoms with Gasteiger partial charge < -0.3 is 20.4 Å². The third-order valence-corrected chi connectivity index (χ3v) is 5.55. The van der Waals surface area contributed by atoms with E-state index in [-0.39, 0.29) is 29.9 Å². The van der Waals surface area contributed by atoms with Crippen LogP contribution in [0.4, 0.5) is 5.69 Å². The van der Waals surface area contributed by atoms with E-state index in [1.165, 1.54) is 12.1 Å². The number of nitrogens with one attached hydrogen (secondary N) is 2. The molecule has 7 heteroatoms. The number of carbonyl (C=O) groups is 1. The van der Waals surface area contributed by atoms with Gasteiger partial charge >= 0.3 is 0 Å². The minimum Gasteiger partial charge on any atom is -0.371 e. The lowest BCUT2D eigenvalue weighted by atomic mass is 10.1.